The molecule has 304 valence electrons. The van der Waals surface area contributed by atoms with Gasteiger partial charge >= 0.3 is 6.03 Å². The van der Waals surface area contributed by atoms with Crippen molar-refractivity contribution >= 4 is 52.4 Å². The van der Waals surface area contributed by atoms with E-state index in [4.69, 9.17) is 9.26 Å². The van der Waals surface area contributed by atoms with E-state index < -0.39 is 18.0 Å². The van der Waals surface area contributed by atoms with Crippen LogP contribution >= 0.6 is 0 Å². The number of amides is 6. The highest BCUT2D eigenvalue weighted by atomic mass is 16.5. The summed E-state index contributed by atoms with van der Waals surface area (Å²) in [4.78, 5) is 82.4. The van der Waals surface area contributed by atoms with Gasteiger partial charge in [-0.05, 0) is 68.0 Å². The number of nitrogens with zero attached hydrogens (tertiary/aromatic N) is 9. The summed E-state index contributed by atoms with van der Waals surface area (Å²) in [6.45, 7) is 5.21. The fourth-order valence-electron chi connectivity index (χ4n) is 8.23. The van der Waals surface area contributed by atoms with Gasteiger partial charge in [0.05, 0.1) is 35.7 Å². The Morgan fingerprint density at radius 1 is 1.00 bits per heavy atom. The van der Waals surface area contributed by atoms with Crippen LogP contribution in [0.2, 0.25) is 0 Å². The van der Waals surface area contributed by atoms with Crippen molar-refractivity contribution < 1.29 is 33.2 Å². The topological polar surface area (TPSA) is 222 Å². The molecule has 5 aromatic rings. The maximum absolute atomic E-state index is 13.1. The molecule has 4 aliphatic rings. The second kappa shape index (κ2) is 15.9. The van der Waals surface area contributed by atoms with Crippen LogP contribution in [0, 0.1) is 6.92 Å². The zero-order valence-corrected chi connectivity index (χ0v) is 32.3. The van der Waals surface area contributed by atoms with Gasteiger partial charge in [0.2, 0.25) is 29.4 Å². The maximum atomic E-state index is 13.1. The highest BCUT2D eigenvalue weighted by molar-refractivity contribution is 6.05. The van der Waals surface area contributed by atoms with Crippen molar-refractivity contribution in [1.29, 1.82) is 0 Å². The predicted molar refractivity (Wildman–Crippen MR) is 210 cm³/mol. The predicted octanol–water partition coefficient (Wildman–Crippen LogP) is 3.41. The van der Waals surface area contributed by atoms with Crippen LogP contribution in [-0.2, 0) is 32.1 Å². The van der Waals surface area contributed by atoms with Gasteiger partial charge in [-0.1, -0.05) is 5.16 Å². The summed E-state index contributed by atoms with van der Waals surface area (Å²) in [5, 5.41) is 16.6. The van der Waals surface area contributed by atoms with Gasteiger partial charge in [0, 0.05) is 75.9 Å². The number of aryl methyl sites for hydroxylation is 2. The van der Waals surface area contributed by atoms with Crippen LogP contribution in [0.5, 0.6) is 0 Å². The average molecular weight is 803 g/mol. The lowest BCUT2D eigenvalue weighted by molar-refractivity contribution is -0.137. The number of ether oxygens (including phenoxy) is 1. The molecule has 4 aromatic heterocycles. The van der Waals surface area contributed by atoms with E-state index in [2.05, 4.69) is 46.1 Å². The monoisotopic (exact) mass is 802 g/mol. The van der Waals surface area contributed by atoms with Crippen LogP contribution in [0.15, 0.2) is 53.4 Å². The fraction of sp³-hybridized carbons (Fsp3) is 0.400. The number of rotatable bonds is 10. The molecule has 0 spiro atoms. The number of piperazine rings is 1. The van der Waals surface area contributed by atoms with Crippen LogP contribution in [0.4, 0.5) is 21.9 Å². The third-order valence-corrected chi connectivity index (χ3v) is 11.2. The summed E-state index contributed by atoms with van der Waals surface area (Å²) in [5.41, 5.74) is 6.01. The van der Waals surface area contributed by atoms with Crippen LogP contribution < -0.4 is 20.9 Å². The van der Waals surface area contributed by atoms with Crippen molar-refractivity contribution in [2.45, 2.75) is 70.6 Å². The van der Waals surface area contributed by atoms with Crippen molar-refractivity contribution in [3.8, 4) is 11.5 Å². The fourth-order valence-corrected chi connectivity index (χ4v) is 8.23. The number of pyridine rings is 1. The van der Waals surface area contributed by atoms with Crippen molar-refractivity contribution in [3.63, 3.8) is 0 Å². The summed E-state index contributed by atoms with van der Waals surface area (Å²) in [6.07, 6.45) is 8.14. The molecule has 19 heteroatoms. The zero-order chi connectivity index (χ0) is 40.6. The van der Waals surface area contributed by atoms with E-state index in [-0.39, 0.29) is 30.2 Å². The SMILES string of the molecule is Cc1cc(NC(=O)Nc2cnc3ccnn3c2C2CCCO2)cnc1-c1noc(CCCC(=O)N2CCN(c3ccc4c(c3)CN(C3CCC(=O)NC3=O)C4=O)CC2)n1. The molecule has 9 rings (SSSR count). The Morgan fingerprint density at radius 2 is 1.86 bits per heavy atom. The Morgan fingerprint density at radius 3 is 2.66 bits per heavy atom. The van der Waals surface area contributed by atoms with Crippen LogP contribution in [0.25, 0.3) is 17.2 Å². The molecule has 6 amide bonds. The molecule has 2 unspecified atom stereocenters. The molecular formula is C40H42N12O7. The summed E-state index contributed by atoms with van der Waals surface area (Å²) in [6, 6.07) is 8.15. The number of imide groups is 1. The average Bonchev–Trinajstić information content (AvgIpc) is 4.07. The Bertz CT molecular complexity index is 2470. The second-order valence-corrected chi connectivity index (χ2v) is 15.1. The van der Waals surface area contributed by atoms with Gasteiger partial charge in [0.25, 0.3) is 5.91 Å². The van der Waals surface area contributed by atoms with Crippen molar-refractivity contribution in [3.05, 3.63) is 77.2 Å². The summed E-state index contributed by atoms with van der Waals surface area (Å²) in [7, 11) is 0. The minimum Gasteiger partial charge on any atom is -0.372 e. The first-order valence-electron chi connectivity index (χ1n) is 19.8. The standard InChI is InChI=1S/C40H42N12O7/c1-23-18-25(44-40(57)45-28-21-41-31-11-12-43-52(31)36(28)30-4-3-17-58-30)20-42-35(23)37-47-33(59-48-37)5-2-6-34(54)50-15-13-49(14-16-50)26-7-8-27-24(19-26)22-51(39(27)56)29-9-10-32(53)46-38(29)55/h7-8,11-12,18-21,29-30H,2-6,9-10,13-17,22H2,1H3,(H2,44,45,57)(H,46,53,55). The summed E-state index contributed by atoms with van der Waals surface area (Å²) >= 11 is 0. The normalized spacial score (nSPS) is 19.3. The van der Waals surface area contributed by atoms with Crippen LogP contribution in [0.3, 0.4) is 0 Å². The van der Waals surface area contributed by atoms with E-state index in [0.29, 0.717) is 105 Å². The molecule has 0 aliphatic carbocycles. The molecule has 1 aromatic carbocycles. The van der Waals surface area contributed by atoms with E-state index in [0.717, 1.165) is 35.3 Å². The number of carbonyl (C=O) groups is 5. The number of benzene rings is 1. The van der Waals surface area contributed by atoms with Crippen LogP contribution in [-0.4, -0.2) is 108 Å². The highest BCUT2D eigenvalue weighted by Gasteiger charge is 2.39. The molecule has 0 radical (unpaired) electrons. The van der Waals surface area contributed by atoms with Crippen LogP contribution in [0.1, 0.15) is 77.7 Å². The lowest BCUT2D eigenvalue weighted by Crippen LogP contribution is -2.52. The smallest absolute Gasteiger partial charge is 0.323 e. The van der Waals surface area contributed by atoms with E-state index in [9.17, 15) is 24.0 Å². The number of anilines is 3. The zero-order valence-electron chi connectivity index (χ0n) is 32.3. The Balaban J connectivity index is 0.739. The van der Waals surface area contributed by atoms with Gasteiger partial charge in [0.15, 0.2) is 5.65 Å². The highest BCUT2D eigenvalue weighted by Crippen LogP contribution is 2.34. The van der Waals surface area contributed by atoms with Gasteiger partial charge in [-0.2, -0.15) is 10.1 Å². The van der Waals surface area contributed by atoms with Crippen molar-refractivity contribution in [2.24, 2.45) is 0 Å². The lowest BCUT2D eigenvalue weighted by atomic mass is 10.0. The van der Waals surface area contributed by atoms with Crippen molar-refractivity contribution in [2.75, 3.05) is 48.3 Å². The maximum Gasteiger partial charge on any atom is 0.323 e. The number of carbonyl (C=O) groups excluding carboxylic acids is 5. The molecule has 3 N–H and O–H groups in total. The Labute approximate surface area is 337 Å². The quantitative estimate of drug-likeness (QED) is 0.173. The van der Waals surface area contributed by atoms with Gasteiger partial charge < -0.3 is 34.6 Å². The van der Waals surface area contributed by atoms with Gasteiger partial charge in [-0.25, -0.2) is 14.3 Å². The van der Waals surface area contributed by atoms with Gasteiger partial charge in [-0.3, -0.25) is 29.5 Å². The molecule has 19 nitrogen and oxygen atoms in total. The number of urea groups is 1. The molecule has 0 bridgehead atoms. The van der Waals surface area contributed by atoms with E-state index >= 15 is 0 Å². The minimum atomic E-state index is -0.654. The van der Waals surface area contributed by atoms with E-state index in [1.165, 1.54) is 6.20 Å². The number of aromatic nitrogens is 6. The van der Waals surface area contributed by atoms with E-state index in [1.807, 2.05) is 24.0 Å². The van der Waals surface area contributed by atoms with E-state index in [1.54, 1.807) is 40.0 Å². The first-order valence-corrected chi connectivity index (χ1v) is 19.8. The first-order chi connectivity index (χ1) is 28.7. The molecule has 0 saturated carbocycles. The Hall–Kier alpha value is -6.76. The number of hydrogen-bond acceptors (Lipinski definition) is 13. The minimum absolute atomic E-state index is 0.0507. The number of piperidine rings is 1. The Kier molecular flexibility index (Phi) is 10.2. The molecule has 2 atom stereocenters. The third kappa shape index (κ3) is 7.67. The lowest BCUT2D eigenvalue weighted by Gasteiger charge is -2.36. The molecule has 3 saturated heterocycles. The van der Waals surface area contributed by atoms with Gasteiger partial charge in [0.1, 0.15) is 17.8 Å². The molecule has 4 aliphatic heterocycles. The number of hydrogen-bond donors (Lipinski definition) is 3. The van der Waals surface area contributed by atoms with Gasteiger partial charge in [-0.15, -0.1) is 0 Å². The third-order valence-electron chi connectivity index (χ3n) is 11.2. The molecule has 8 heterocycles. The summed E-state index contributed by atoms with van der Waals surface area (Å²) < 4.78 is 13.1. The molecular weight excluding hydrogens is 761 g/mol. The largest absolute Gasteiger partial charge is 0.372 e. The number of nitrogens with one attached hydrogen (secondary N) is 3. The number of fused-ring (bicyclic) bond motifs is 2. The molecule has 3 fully saturated rings. The molecule has 59 heavy (non-hydrogen) atoms. The first kappa shape index (κ1) is 37.8. The summed E-state index contributed by atoms with van der Waals surface area (Å²) in [5.74, 6) is -0.177. The van der Waals surface area contributed by atoms with Crippen molar-refractivity contribution in [1.82, 2.24) is 44.8 Å². The second-order valence-electron chi connectivity index (χ2n) is 15.1.